The number of hydrogen-bond acceptors (Lipinski definition) is 4. The van der Waals surface area contributed by atoms with Gasteiger partial charge in [0.2, 0.25) is 0 Å². The summed E-state index contributed by atoms with van der Waals surface area (Å²) in [4.78, 5) is 1.52. The number of nitrogens with zero attached hydrogens (tertiary/aromatic N) is 4. The molecule has 1 N–H and O–H groups in total. The Morgan fingerprint density at radius 3 is 2.53 bits per heavy atom. The average molecular weight is 239 g/mol. The standard InChI is InChI=1S/C12H25N5/c1-6-7-10(9-13-12(2,3)4)8-11-14-16-17(5)15-11/h10,13H,6-9H2,1-5H3. The van der Waals surface area contributed by atoms with Crippen molar-refractivity contribution >= 4 is 0 Å². The normalized spacial score (nSPS) is 13.9. The second kappa shape index (κ2) is 6.10. The number of nitrogens with one attached hydrogen (secondary N) is 1. The Labute approximate surface area is 104 Å². The smallest absolute Gasteiger partial charge is 0.175 e. The second-order valence-corrected chi connectivity index (χ2v) is 5.68. The summed E-state index contributed by atoms with van der Waals surface area (Å²) in [5.74, 6) is 1.44. The minimum absolute atomic E-state index is 0.168. The molecule has 0 aliphatic carbocycles. The molecule has 5 heteroatoms. The van der Waals surface area contributed by atoms with Gasteiger partial charge in [0.25, 0.3) is 0 Å². The van der Waals surface area contributed by atoms with Crippen LogP contribution in [-0.4, -0.2) is 32.3 Å². The first-order chi connectivity index (χ1) is 7.90. The van der Waals surface area contributed by atoms with Crippen LogP contribution >= 0.6 is 0 Å². The monoisotopic (exact) mass is 239 g/mol. The fourth-order valence-corrected chi connectivity index (χ4v) is 1.80. The lowest BCUT2D eigenvalue weighted by atomic mass is 9.97. The van der Waals surface area contributed by atoms with Gasteiger partial charge in [-0.25, -0.2) is 0 Å². The molecule has 0 spiro atoms. The van der Waals surface area contributed by atoms with E-state index >= 15 is 0 Å². The first kappa shape index (κ1) is 14.1. The summed E-state index contributed by atoms with van der Waals surface area (Å²) in [6, 6.07) is 0. The van der Waals surface area contributed by atoms with E-state index < -0.39 is 0 Å². The van der Waals surface area contributed by atoms with E-state index in [4.69, 9.17) is 0 Å². The summed E-state index contributed by atoms with van der Waals surface area (Å²) in [5, 5.41) is 15.7. The summed E-state index contributed by atoms with van der Waals surface area (Å²) in [6.07, 6.45) is 3.29. The largest absolute Gasteiger partial charge is 0.312 e. The maximum Gasteiger partial charge on any atom is 0.175 e. The van der Waals surface area contributed by atoms with Gasteiger partial charge in [0.05, 0.1) is 7.05 Å². The van der Waals surface area contributed by atoms with Crippen LogP contribution in [0.3, 0.4) is 0 Å². The van der Waals surface area contributed by atoms with Crippen molar-refractivity contribution < 1.29 is 0 Å². The van der Waals surface area contributed by atoms with E-state index in [2.05, 4.69) is 48.4 Å². The van der Waals surface area contributed by atoms with Crippen molar-refractivity contribution in [3.05, 3.63) is 5.82 Å². The van der Waals surface area contributed by atoms with Crippen molar-refractivity contribution in [1.29, 1.82) is 0 Å². The Balaban J connectivity index is 2.48. The van der Waals surface area contributed by atoms with Gasteiger partial charge in [-0.15, -0.1) is 10.2 Å². The van der Waals surface area contributed by atoms with Crippen molar-refractivity contribution in [3.8, 4) is 0 Å². The highest BCUT2D eigenvalue weighted by molar-refractivity contribution is 4.83. The van der Waals surface area contributed by atoms with Crippen LogP contribution < -0.4 is 5.32 Å². The SMILES string of the molecule is CCCC(CNC(C)(C)C)Cc1nnn(C)n1. The van der Waals surface area contributed by atoms with Gasteiger partial charge in [0.1, 0.15) is 0 Å². The zero-order chi connectivity index (χ0) is 12.9. The molecule has 0 saturated heterocycles. The molecule has 0 radical (unpaired) electrons. The van der Waals surface area contributed by atoms with Gasteiger partial charge < -0.3 is 5.32 Å². The first-order valence-electron chi connectivity index (χ1n) is 6.38. The third-order valence-corrected chi connectivity index (χ3v) is 2.64. The highest BCUT2D eigenvalue weighted by atomic mass is 15.6. The number of tetrazole rings is 1. The summed E-state index contributed by atoms with van der Waals surface area (Å²) in [5.41, 5.74) is 0.168. The first-order valence-corrected chi connectivity index (χ1v) is 6.38. The molecule has 5 nitrogen and oxygen atoms in total. The minimum atomic E-state index is 0.168. The second-order valence-electron chi connectivity index (χ2n) is 5.68. The maximum atomic E-state index is 4.24. The summed E-state index contributed by atoms with van der Waals surface area (Å²) >= 11 is 0. The number of rotatable bonds is 6. The zero-order valence-corrected chi connectivity index (χ0v) is 11.7. The highest BCUT2D eigenvalue weighted by Gasteiger charge is 2.16. The molecule has 0 bridgehead atoms. The number of hydrogen-bond donors (Lipinski definition) is 1. The molecule has 0 saturated carbocycles. The van der Waals surface area contributed by atoms with Gasteiger partial charge in [-0.2, -0.15) is 4.80 Å². The van der Waals surface area contributed by atoms with E-state index in [0.717, 1.165) is 18.8 Å². The molecule has 17 heavy (non-hydrogen) atoms. The molecular weight excluding hydrogens is 214 g/mol. The molecule has 1 aromatic heterocycles. The Morgan fingerprint density at radius 2 is 2.06 bits per heavy atom. The number of aryl methyl sites for hydroxylation is 1. The van der Waals surface area contributed by atoms with E-state index in [0.29, 0.717) is 5.92 Å². The Kier molecular flexibility index (Phi) is 5.05. The van der Waals surface area contributed by atoms with Crippen molar-refractivity contribution in [2.45, 2.75) is 52.5 Å². The molecule has 1 atom stereocenters. The minimum Gasteiger partial charge on any atom is -0.312 e. The van der Waals surface area contributed by atoms with Crippen molar-refractivity contribution in [3.63, 3.8) is 0 Å². The molecule has 1 rings (SSSR count). The summed E-state index contributed by atoms with van der Waals surface area (Å²) in [6.45, 7) is 9.80. The van der Waals surface area contributed by atoms with E-state index in [-0.39, 0.29) is 5.54 Å². The van der Waals surface area contributed by atoms with E-state index in [1.54, 1.807) is 7.05 Å². The van der Waals surface area contributed by atoms with E-state index in [1.807, 2.05) is 0 Å². The Hall–Kier alpha value is -0.970. The van der Waals surface area contributed by atoms with Crippen molar-refractivity contribution in [2.24, 2.45) is 13.0 Å². The fourth-order valence-electron chi connectivity index (χ4n) is 1.80. The lowest BCUT2D eigenvalue weighted by Crippen LogP contribution is -2.39. The predicted molar refractivity (Wildman–Crippen MR) is 68.7 cm³/mol. The van der Waals surface area contributed by atoms with Gasteiger partial charge in [0, 0.05) is 12.0 Å². The lowest BCUT2D eigenvalue weighted by molar-refractivity contribution is 0.351. The molecule has 1 aromatic rings. The van der Waals surface area contributed by atoms with Crippen LogP contribution in [0.4, 0.5) is 0 Å². The molecule has 0 aromatic carbocycles. The third kappa shape index (κ3) is 5.77. The maximum absolute atomic E-state index is 4.24. The molecule has 1 heterocycles. The topological polar surface area (TPSA) is 55.6 Å². The third-order valence-electron chi connectivity index (χ3n) is 2.64. The van der Waals surface area contributed by atoms with E-state index in [1.165, 1.54) is 17.6 Å². The van der Waals surface area contributed by atoms with Crippen LogP contribution in [0.25, 0.3) is 0 Å². The highest BCUT2D eigenvalue weighted by Crippen LogP contribution is 2.12. The molecule has 0 amide bonds. The summed E-state index contributed by atoms with van der Waals surface area (Å²) in [7, 11) is 1.80. The van der Waals surface area contributed by atoms with Crippen LogP contribution in [0.1, 0.15) is 46.4 Å². The van der Waals surface area contributed by atoms with Gasteiger partial charge >= 0.3 is 0 Å². The predicted octanol–water partition coefficient (Wildman–Crippen LogP) is 1.56. The van der Waals surface area contributed by atoms with Crippen LogP contribution in [0.15, 0.2) is 0 Å². The molecule has 0 aliphatic rings. The lowest BCUT2D eigenvalue weighted by Gasteiger charge is -2.24. The van der Waals surface area contributed by atoms with Crippen molar-refractivity contribution in [1.82, 2.24) is 25.5 Å². The average Bonchev–Trinajstić information content (AvgIpc) is 2.60. The number of aromatic nitrogens is 4. The van der Waals surface area contributed by atoms with Gasteiger partial charge in [-0.3, -0.25) is 0 Å². The Bertz CT molecular complexity index is 326. The van der Waals surface area contributed by atoms with Gasteiger partial charge in [-0.1, -0.05) is 13.3 Å². The molecule has 0 aliphatic heterocycles. The van der Waals surface area contributed by atoms with Crippen LogP contribution in [-0.2, 0) is 13.5 Å². The van der Waals surface area contributed by atoms with Gasteiger partial charge in [-0.05, 0) is 44.9 Å². The van der Waals surface area contributed by atoms with Gasteiger partial charge in [0.15, 0.2) is 5.82 Å². The fraction of sp³-hybridized carbons (Fsp3) is 0.917. The van der Waals surface area contributed by atoms with Crippen LogP contribution in [0.5, 0.6) is 0 Å². The van der Waals surface area contributed by atoms with Crippen LogP contribution in [0.2, 0.25) is 0 Å². The molecular formula is C12H25N5. The molecule has 1 unspecified atom stereocenters. The quantitative estimate of drug-likeness (QED) is 0.818. The van der Waals surface area contributed by atoms with Crippen molar-refractivity contribution in [2.75, 3.05) is 6.54 Å². The van der Waals surface area contributed by atoms with E-state index in [9.17, 15) is 0 Å². The zero-order valence-electron chi connectivity index (χ0n) is 11.7. The molecule has 0 fully saturated rings. The summed E-state index contributed by atoms with van der Waals surface area (Å²) < 4.78 is 0. The molecule has 98 valence electrons. The Morgan fingerprint density at radius 1 is 1.35 bits per heavy atom. The van der Waals surface area contributed by atoms with Crippen LogP contribution in [0, 0.1) is 5.92 Å².